The minimum Gasteiger partial charge on any atom is -0.458 e. The minimum atomic E-state index is -0.854. The van der Waals surface area contributed by atoms with E-state index in [1.165, 1.54) is 20.8 Å². The summed E-state index contributed by atoms with van der Waals surface area (Å²) in [5.74, 6) is -1.55. The monoisotopic (exact) mass is 274 g/mol. The van der Waals surface area contributed by atoms with E-state index in [0.29, 0.717) is 13.0 Å². The number of hydrogen-bond donors (Lipinski definition) is 0. The van der Waals surface area contributed by atoms with Gasteiger partial charge in [-0.15, -0.1) is 0 Å². The van der Waals surface area contributed by atoms with Gasteiger partial charge in [0.25, 0.3) is 0 Å². The molecule has 0 aliphatic carbocycles. The van der Waals surface area contributed by atoms with Crippen molar-refractivity contribution in [1.29, 1.82) is 0 Å². The van der Waals surface area contributed by atoms with Gasteiger partial charge in [0.15, 0.2) is 12.2 Å². The maximum absolute atomic E-state index is 11.1. The maximum atomic E-state index is 11.1. The normalized spacial score (nSPS) is 27.0. The molecule has 3 unspecified atom stereocenters. The summed E-state index contributed by atoms with van der Waals surface area (Å²) in [4.78, 5) is 33.3. The average Bonchev–Trinajstić information content (AvgIpc) is 2.42. The maximum Gasteiger partial charge on any atom is 0.303 e. The lowest BCUT2D eigenvalue weighted by Crippen LogP contribution is -2.45. The van der Waals surface area contributed by atoms with Crippen LogP contribution in [-0.4, -0.2) is 49.4 Å². The van der Waals surface area contributed by atoms with Crippen LogP contribution < -0.4 is 0 Å². The molecule has 0 bridgehead atoms. The van der Waals surface area contributed by atoms with Crippen molar-refractivity contribution < 1.29 is 33.3 Å². The van der Waals surface area contributed by atoms with Crippen molar-refractivity contribution in [2.75, 3.05) is 13.2 Å². The van der Waals surface area contributed by atoms with Crippen molar-refractivity contribution in [1.82, 2.24) is 0 Å². The van der Waals surface area contributed by atoms with Crippen LogP contribution in [0.5, 0.6) is 0 Å². The zero-order valence-corrected chi connectivity index (χ0v) is 11.2. The molecule has 0 aromatic carbocycles. The third-order valence-corrected chi connectivity index (χ3v) is 2.50. The number of rotatable bonds is 3. The molecule has 7 nitrogen and oxygen atoms in total. The Morgan fingerprint density at radius 3 is 1.95 bits per heavy atom. The topological polar surface area (TPSA) is 88.1 Å². The lowest BCUT2D eigenvalue weighted by molar-refractivity contribution is -0.182. The summed E-state index contributed by atoms with van der Waals surface area (Å²) in [5, 5.41) is 0. The first kappa shape index (κ1) is 15.4. The Labute approximate surface area is 111 Å². The minimum absolute atomic E-state index is 0.0926. The molecule has 19 heavy (non-hydrogen) atoms. The van der Waals surface area contributed by atoms with Crippen LogP contribution >= 0.6 is 0 Å². The van der Waals surface area contributed by atoms with Crippen molar-refractivity contribution in [2.45, 2.75) is 45.5 Å². The number of ether oxygens (including phenoxy) is 4. The first-order valence-corrected chi connectivity index (χ1v) is 5.99. The fourth-order valence-electron chi connectivity index (χ4n) is 1.89. The number of esters is 3. The van der Waals surface area contributed by atoms with E-state index in [1.807, 2.05) is 0 Å². The molecule has 1 aliphatic heterocycles. The second-order valence-corrected chi connectivity index (χ2v) is 4.23. The van der Waals surface area contributed by atoms with Crippen LogP contribution in [0, 0.1) is 0 Å². The predicted octanol–water partition coefficient (Wildman–Crippen LogP) is 0.202. The molecule has 108 valence electrons. The van der Waals surface area contributed by atoms with Crippen LogP contribution in [0.3, 0.4) is 0 Å². The second kappa shape index (κ2) is 7.08. The number of hydrogen-bond acceptors (Lipinski definition) is 7. The highest BCUT2D eigenvalue weighted by molar-refractivity contribution is 5.68. The first-order valence-electron chi connectivity index (χ1n) is 5.99. The zero-order valence-electron chi connectivity index (χ0n) is 11.2. The average molecular weight is 274 g/mol. The summed E-state index contributed by atoms with van der Waals surface area (Å²) in [6.45, 7) is 4.16. The number of carbonyl (C=O) groups excluding carboxylic acids is 3. The van der Waals surface area contributed by atoms with Gasteiger partial charge in [-0.05, 0) is 0 Å². The summed E-state index contributed by atoms with van der Waals surface area (Å²) in [5.41, 5.74) is 0. The highest BCUT2D eigenvalue weighted by Gasteiger charge is 2.38. The molecule has 0 radical (unpaired) electrons. The van der Waals surface area contributed by atoms with Gasteiger partial charge in [0.2, 0.25) is 0 Å². The van der Waals surface area contributed by atoms with Crippen LogP contribution in [0.2, 0.25) is 0 Å². The Morgan fingerprint density at radius 2 is 1.42 bits per heavy atom. The van der Waals surface area contributed by atoms with Gasteiger partial charge in [-0.25, -0.2) is 0 Å². The van der Waals surface area contributed by atoms with E-state index in [0.717, 1.165) is 0 Å². The SMILES string of the molecule is CC(=O)OC1CCOCC(OC(C)=O)C1OC(C)=O. The van der Waals surface area contributed by atoms with E-state index >= 15 is 0 Å². The molecule has 0 amide bonds. The Morgan fingerprint density at radius 1 is 0.895 bits per heavy atom. The lowest BCUT2D eigenvalue weighted by Gasteiger charge is -2.28. The molecule has 0 spiro atoms. The molecule has 3 atom stereocenters. The Bertz CT molecular complexity index is 326. The van der Waals surface area contributed by atoms with Crippen molar-refractivity contribution >= 4 is 17.9 Å². The molecular weight excluding hydrogens is 256 g/mol. The third-order valence-electron chi connectivity index (χ3n) is 2.50. The van der Waals surface area contributed by atoms with Gasteiger partial charge in [-0.3, -0.25) is 14.4 Å². The van der Waals surface area contributed by atoms with Gasteiger partial charge < -0.3 is 18.9 Å². The summed E-state index contributed by atoms with van der Waals surface area (Å²) in [6.07, 6.45) is -1.95. The van der Waals surface area contributed by atoms with Crippen molar-refractivity contribution in [3.63, 3.8) is 0 Å². The molecular formula is C12H18O7. The summed E-state index contributed by atoms with van der Waals surface area (Å²) in [6, 6.07) is 0. The van der Waals surface area contributed by atoms with E-state index in [-0.39, 0.29) is 6.61 Å². The van der Waals surface area contributed by atoms with Gasteiger partial charge >= 0.3 is 17.9 Å². The van der Waals surface area contributed by atoms with Crippen molar-refractivity contribution in [3.8, 4) is 0 Å². The predicted molar refractivity (Wildman–Crippen MR) is 62.1 cm³/mol. The Kier molecular flexibility index (Phi) is 5.75. The van der Waals surface area contributed by atoms with Gasteiger partial charge in [0, 0.05) is 27.2 Å². The molecule has 1 rings (SSSR count). The molecule has 0 N–H and O–H groups in total. The Hall–Kier alpha value is -1.63. The van der Waals surface area contributed by atoms with E-state index in [4.69, 9.17) is 18.9 Å². The van der Waals surface area contributed by atoms with Crippen LogP contribution in [0.1, 0.15) is 27.2 Å². The van der Waals surface area contributed by atoms with Crippen LogP contribution in [0.4, 0.5) is 0 Å². The van der Waals surface area contributed by atoms with Crippen LogP contribution in [0.15, 0.2) is 0 Å². The lowest BCUT2D eigenvalue weighted by atomic mass is 10.1. The molecule has 0 saturated carbocycles. The van der Waals surface area contributed by atoms with E-state index in [9.17, 15) is 14.4 Å². The molecule has 0 aromatic heterocycles. The standard InChI is InChI=1S/C12H18O7/c1-7(13)17-10-4-5-16-6-11(18-8(2)14)12(10)19-9(3)15/h10-12H,4-6H2,1-3H3. The van der Waals surface area contributed by atoms with Crippen molar-refractivity contribution in [3.05, 3.63) is 0 Å². The third kappa shape index (κ3) is 5.25. The van der Waals surface area contributed by atoms with Gasteiger partial charge in [-0.2, -0.15) is 0 Å². The van der Waals surface area contributed by atoms with Gasteiger partial charge in [0.1, 0.15) is 6.10 Å². The zero-order chi connectivity index (χ0) is 14.4. The van der Waals surface area contributed by atoms with Crippen LogP contribution in [0.25, 0.3) is 0 Å². The first-order chi connectivity index (χ1) is 8.90. The smallest absolute Gasteiger partial charge is 0.303 e. The van der Waals surface area contributed by atoms with E-state index < -0.39 is 36.2 Å². The van der Waals surface area contributed by atoms with Gasteiger partial charge in [0.05, 0.1) is 13.2 Å². The second-order valence-electron chi connectivity index (χ2n) is 4.23. The van der Waals surface area contributed by atoms with E-state index in [1.54, 1.807) is 0 Å². The molecule has 7 heteroatoms. The number of carbonyl (C=O) groups is 3. The molecule has 1 heterocycles. The highest BCUT2D eigenvalue weighted by Crippen LogP contribution is 2.20. The molecule has 1 aliphatic rings. The summed E-state index contributed by atoms with van der Waals surface area (Å²) >= 11 is 0. The molecule has 0 aromatic rings. The highest BCUT2D eigenvalue weighted by atomic mass is 16.6. The van der Waals surface area contributed by atoms with E-state index in [2.05, 4.69) is 0 Å². The van der Waals surface area contributed by atoms with Crippen molar-refractivity contribution in [2.24, 2.45) is 0 Å². The van der Waals surface area contributed by atoms with Gasteiger partial charge in [-0.1, -0.05) is 0 Å². The fourth-order valence-corrected chi connectivity index (χ4v) is 1.89. The van der Waals surface area contributed by atoms with Crippen LogP contribution in [-0.2, 0) is 33.3 Å². The Balaban J connectivity index is 2.87. The summed E-state index contributed by atoms with van der Waals surface area (Å²) < 4.78 is 20.6. The molecule has 1 saturated heterocycles. The molecule has 1 fully saturated rings. The quantitative estimate of drug-likeness (QED) is 0.536. The largest absolute Gasteiger partial charge is 0.458 e. The fraction of sp³-hybridized carbons (Fsp3) is 0.750. The summed E-state index contributed by atoms with van der Waals surface area (Å²) in [7, 11) is 0.